The Morgan fingerprint density at radius 3 is 0.743 bits per heavy atom. The highest BCUT2D eigenvalue weighted by atomic mass is 16.1. The zero-order chi connectivity index (χ0) is 110. The van der Waals surface area contributed by atoms with E-state index in [1.165, 1.54) is 33.4 Å². The number of nitrogens with zero attached hydrogens (tertiary/aromatic N) is 13. The summed E-state index contributed by atoms with van der Waals surface area (Å²) in [5.74, 6) is 1.73. The van der Waals surface area contributed by atoms with Gasteiger partial charge in [-0.25, -0.2) is 29.9 Å². The zero-order valence-corrected chi connectivity index (χ0v) is 101. The first-order chi connectivity index (χ1) is 60.0. The molecule has 0 bridgehead atoms. The number of pyridine rings is 3. The molecule has 14 nitrogen and oxygen atoms in total. The molecule has 8 heterocycles. The molecule has 0 aliphatic rings. The van der Waals surface area contributed by atoms with E-state index in [1.807, 2.05) is 79.6 Å². The molecule has 0 radical (unpaired) electrons. The molecule has 0 fully saturated rings. The summed E-state index contributed by atoms with van der Waals surface area (Å²) in [5.41, 5.74) is 15.4. The smallest absolute Gasteiger partial charge is 0.250 e. The average Bonchev–Trinajstić information content (AvgIpc) is 0.838. The Kier molecular flexibility index (Phi) is 72.0. The topological polar surface area (TPSA) is 177 Å². The van der Waals surface area contributed by atoms with Crippen LogP contribution in [0.25, 0.3) is 0 Å². The summed E-state index contributed by atoms with van der Waals surface area (Å²) in [6, 6.07) is 31.9. The second-order valence-electron chi connectivity index (χ2n) is 57.2. The minimum Gasteiger partial charge on any atom is -0.318 e. The van der Waals surface area contributed by atoms with Gasteiger partial charge in [-0.2, -0.15) is 20.4 Å². The van der Waals surface area contributed by atoms with Crippen LogP contribution in [0.1, 0.15) is 480 Å². The van der Waals surface area contributed by atoms with E-state index in [1.54, 1.807) is 73.7 Å². The van der Waals surface area contributed by atoms with Crippen molar-refractivity contribution in [3.05, 3.63) is 251 Å². The zero-order valence-electron chi connectivity index (χ0n) is 101. The molecule has 780 valence electrons. The van der Waals surface area contributed by atoms with Gasteiger partial charge in [0.25, 0.3) is 0 Å². The third kappa shape index (κ3) is 130. The molecule has 9 aromatic rings. The molecule has 0 atom stereocenters. The lowest BCUT2D eigenvalue weighted by molar-refractivity contribution is 0.469. The van der Waals surface area contributed by atoms with Gasteiger partial charge < -0.3 is 4.57 Å². The van der Waals surface area contributed by atoms with Crippen LogP contribution in [0, 0.1) is 49.2 Å². The van der Waals surface area contributed by atoms with Gasteiger partial charge in [-0.15, -0.1) is 0 Å². The fourth-order valence-electron chi connectivity index (χ4n) is 7.18. The normalized spacial score (nSPS) is 11.6. The SMILES string of the molecule is CC(C)(C)C.CC(C)(C)C.CC(C)(C)C.CC(C)(C)C.CC(C)(C)C.CC(C)(C)C.CC(C)(C)C.CC(C)(C)C.CC(C)(C)c1ccccc1.CC(C)(C)c1cccnc1.CC(C)(C)c1cccnn1.CC(C)(C)c1ccncc1.CC(C)(C)c1ccncn1.CC(C)(C)c1ccnnc1.CC(C)(C)c1cncnc1.CC(C)(C)c1ncccn1.CC(C)C.Cn1cc(C(C)(C)C)ccc1=O. The van der Waals surface area contributed by atoms with Crippen molar-refractivity contribution in [3.8, 4) is 0 Å². The summed E-state index contributed by atoms with van der Waals surface area (Å²) in [4.78, 5) is 43.2. The minimum atomic E-state index is 0.0444. The monoisotopic (exact) mass is 1880 g/mol. The van der Waals surface area contributed by atoms with E-state index in [2.05, 4.69) is 538 Å². The molecule has 9 rings (SSSR count). The summed E-state index contributed by atoms with van der Waals surface area (Å²) in [5, 5.41) is 15.3. The van der Waals surface area contributed by atoms with Crippen LogP contribution in [0.5, 0.6) is 0 Å². The van der Waals surface area contributed by atoms with Crippen molar-refractivity contribution in [2.75, 3.05) is 0 Å². The summed E-state index contributed by atoms with van der Waals surface area (Å²) in [6.45, 7) is 135. The van der Waals surface area contributed by atoms with Crippen molar-refractivity contribution in [1.29, 1.82) is 0 Å². The fourth-order valence-corrected chi connectivity index (χ4v) is 7.18. The molecule has 0 spiro atoms. The molecule has 1 aromatic carbocycles. The highest BCUT2D eigenvalue weighted by molar-refractivity contribution is 5.24. The molecule has 0 aliphatic carbocycles. The maximum Gasteiger partial charge on any atom is 0.250 e. The average molecular weight is 1890 g/mol. The molecule has 0 aliphatic heterocycles. The molecule has 0 saturated carbocycles. The molecular formula is C122H221N13O. The van der Waals surface area contributed by atoms with Gasteiger partial charge in [-0.3, -0.25) is 14.8 Å². The van der Waals surface area contributed by atoms with Gasteiger partial charge in [0.05, 0.1) is 11.9 Å². The molecule has 14 heteroatoms. The van der Waals surface area contributed by atoms with Crippen LogP contribution in [0.2, 0.25) is 0 Å². The number of rotatable bonds is 0. The minimum absolute atomic E-state index is 0.0444. The Bertz CT molecular complexity index is 3490. The van der Waals surface area contributed by atoms with Crippen LogP contribution < -0.4 is 5.56 Å². The molecule has 0 N–H and O–H groups in total. The van der Waals surface area contributed by atoms with Crippen LogP contribution in [-0.4, -0.2) is 64.8 Å². The Morgan fingerprint density at radius 2 is 0.529 bits per heavy atom. The van der Waals surface area contributed by atoms with Crippen LogP contribution in [-0.2, 0) is 55.8 Å². The Hall–Kier alpha value is -8.13. The van der Waals surface area contributed by atoms with Crippen LogP contribution in [0.15, 0.2) is 195 Å². The largest absolute Gasteiger partial charge is 0.318 e. The van der Waals surface area contributed by atoms with Crippen molar-refractivity contribution in [1.82, 2.24) is 64.8 Å². The number of aromatic nitrogens is 13. The first-order valence-corrected chi connectivity index (χ1v) is 49.4. The van der Waals surface area contributed by atoms with Gasteiger partial charge in [-0.05, 0) is 164 Å². The lowest BCUT2D eigenvalue weighted by Gasteiger charge is -2.19. The maximum absolute atomic E-state index is 11.1. The summed E-state index contributed by atoms with van der Waals surface area (Å²) < 4.78 is 1.61. The van der Waals surface area contributed by atoms with E-state index in [0.29, 0.717) is 48.7 Å². The third-order valence-corrected chi connectivity index (χ3v) is 13.5. The van der Waals surface area contributed by atoms with Gasteiger partial charge in [-0.1, -0.05) is 472 Å². The standard InChI is InChI=1S/C10H15NO.C10H14.2C9H13N.5C8H12N2.8C5H12.C4H10/c1-10(2,3)8-5-6-9(12)11(4)7-8;1-10(2,3)9-7-5-4-6-8-9;1-9(2,3)8-4-6-10-7-5-8;1-9(2,3)8-5-4-6-10-7-8;1-8(2,3)7-4-9-6-10-5-7;1-8(2,3)7-4-5-9-6-10-7;1-8(2,3)7-4-5-9-10-6-7;1-8(2,3)7-9-5-4-6-10-7;1-8(2,3)7-5-4-6-9-10-7;8*1-5(2,3)4;1-4(2)3/h5-7H,1-4H3;4-8H,1-3H3;2*4-7H,1-3H3;5*4-6H,1-3H3;8*1-4H3;4H,1-3H3. The molecule has 8 aromatic heterocycles. The van der Waals surface area contributed by atoms with E-state index in [-0.39, 0.29) is 48.9 Å². The van der Waals surface area contributed by atoms with Crippen LogP contribution >= 0.6 is 0 Å². The Balaban J connectivity index is -0.000000181. The van der Waals surface area contributed by atoms with Crippen molar-refractivity contribution in [2.45, 2.75) is 478 Å². The van der Waals surface area contributed by atoms with Gasteiger partial charge in [0, 0.05) is 109 Å². The highest BCUT2D eigenvalue weighted by Gasteiger charge is 2.20. The molecule has 0 amide bonds. The van der Waals surface area contributed by atoms with Gasteiger partial charge >= 0.3 is 0 Å². The van der Waals surface area contributed by atoms with Gasteiger partial charge in [0.15, 0.2) is 0 Å². The highest BCUT2D eigenvalue weighted by Crippen LogP contribution is 2.27. The number of benzene rings is 1. The summed E-state index contributed by atoms with van der Waals surface area (Å²) in [6.07, 6.45) is 26.7. The van der Waals surface area contributed by atoms with E-state index < -0.39 is 0 Å². The first-order valence-electron chi connectivity index (χ1n) is 49.4. The summed E-state index contributed by atoms with van der Waals surface area (Å²) >= 11 is 0. The quantitative estimate of drug-likeness (QED) is 0.140. The number of hydrogen-bond donors (Lipinski definition) is 0. The van der Waals surface area contributed by atoms with Crippen molar-refractivity contribution < 1.29 is 0 Å². The number of hydrogen-bond acceptors (Lipinski definition) is 13. The predicted molar refractivity (Wildman–Crippen MR) is 607 cm³/mol. The maximum atomic E-state index is 11.1. The molecule has 0 saturated heterocycles. The molecule has 136 heavy (non-hydrogen) atoms. The first kappa shape index (κ1) is 146. The molecule has 0 unspecified atom stereocenters. The van der Waals surface area contributed by atoms with Crippen LogP contribution in [0.4, 0.5) is 0 Å². The van der Waals surface area contributed by atoms with E-state index in [9.17, 15) is 4.79 Å². The summed E-state index contributed by atoms with van der Waals surface area (Å²) in [7, 11) is 1.78. The van der Waals surface area contributed by atoms with Gasteiger partial charge in [0.1, 0.15) is 18.5 Å². The number of aryl methyl sites for hydroxylation is 1. The fraction of sp³-hybridized carbons (Fsp3) is 0.664. The lowest BCUT2D eigenvalue weighted by atomic mass is 9.87. The van der Waals surface area contributed by atoms with Gasteiger partial charge in [0.2, 0.25) is 5.56 Å². The second-order valence-corrected chi connectivity index (χ2v) is 57.2. The van der Waals surface area contributed by atoms with E-state index >= 15 is 0 Å². The van der Waals surface area contributed by atoms with E-state index in [4.69, 9.17) is 0 Å². The predicted octanol–water partition coefficient (Wildman–Crippen LogP) is 36.4. The Labute approximate surface area is 845 Å². The van der Waals surface area contributed by atoms with E-state index in [0.717, 1.165) is 23.1 Å². The lowest BCUT2D eigenvalue weighted by Crippen LogP contribution is -2.19. The molecular weight excluding hydrogens is 1660 g/mol. The van der Waals surface area contributed by atoms with Crippen molar-refractivity contribution in [2.24, 2.45) is 56.3 Å². The van der Waals surface area contributed by atoms with Crippen molar-refractivity contribution in [3.63, 3.8) is 0 Å². The third-order valence-electron chi connectivity index (χ3n) is 13.5. The van der Waals surface area contributed by atoms with Crippen molar-refractivity contribution >= 4 is 0 Å². The Morgan fingerprint density at radius 1 is 0.221 bits per heavy atom. The van der Waals surface area contributed by atoms with Crippen LogP contribution in [0.3, 0.4) is 0 Å². The second kappa shape index (κ2) is 67.3.